The van der Waals surface area contributed by atoms with Gasteiger partial charge in [-0.3, -0.25) is 4.79 Å². The molecule has 5 heteroatoms. The van der Waals surface area contributed by atoms with Crippen LogP contribution >= 0.6 is 0 Å². The molecule has 0 bridgehead atoms. The molecule has 1 amide bonds. The van der Waals surface area contributed by atoms with Gasteiger partial charge in [0.25, 0.3) is 0 Å². The average Bonchev–Trinajstić information content (AvgIpc) is 3.23. The minimum absolute atomic E-state index is 0.218. The summed E-state index contributed by atoms with van der Waals surface area (Å²) in [6, 6.07) is 10.7. The van der Waals surface area contributed by atoms with Crippen molar-refractivity contribution in [2.75, 3.05) is 13.1 Å². The van der Waals surface area contributed by atoms with Gasteiger partial charge in [-0.15, -0.1) is 10.2 Å². The van der Waals surface area contributed by atoms with E-state index in [0.29, 0.717) is 30.6 Å². The largest absolute Gasteiger partial charge is 0.425 e. The lowest BCUT2D eigenvalue weighted by Crippen LogP contribution is -2.39. The maximum Gasteiger partial charge on any atom is 0.223 e. The number of nitrogens with zero attached hydrogens (tertiary/aromatic N) is 3. The Morgan fingerprint density at radius 3 is 2.50 bits per heavy atom. The summed E-state index contributed by atoms with van der Waals surface area (Å²) in [7, 11) is 0. The molecule has 2 fully saturated rings. The van der Waals surface area contributed by atoms with Crippen molar-refractivity contribution in [1.29, 1.82) is 0 Å². The first-order valence-corrected chi connectivity index (χ1v) is 10.9. The van der Waals surface area contributed by atoms with Crippen LogP contribution in [0.15, 0.2) is 34.7 Å². The molecule has 1 aromatic heterocycles. The zero-order valence-corrected chi connectivity index (χ0v) is 16.7. The highest BCUT2D eigenvalue weighted by Crippen LogP contribution is 2.31. The van der Waals surface area contributed by atoms with Gasteiger partial charge in [0.2, 0.25) is 17.7 Å². The maximum atomic E-state index is 12.6. The molecule has 2 heterocycles. The van der Waals surface area contributed by atoms with E-state index < -0.39 is 0 Å². The molecule has 0 radical (unpaired) electrons. The van der Waals surface area contributed by atoms with Crippen LogP contribution in [-0.2, 0) is 17.6 Å². The van der Waals surface area contributed by atoms with Gasteiger partial charge in [0.15, 0.2) is 0 Å². The molecule has 28 heavy (non-hydrogen) atoms. The van der Waals surface area contributed by atoms with Crippen LogP contribution < -0.4 is 0 Å². The second-order valence-electron chi connectivity index (χ2n) is 8.38. The van der Waals surface area contributed by atoms with Gasteiger partial charge in [0.1, 0.15) is 0 Å². The number of aromatic nitrogens is 2. The molecule has 0 unspecified atom stereocenters. The molecule has 5 nitrogen and oxygen atoms in total. The molecule has 0 spiro atoms. The molecule has 0 atom stereocenters. The fourth-order valence-corrected chi connectivity index (χ4v) is 4.59. The third-order valence-corrected chi connectivity index (χ3v) is 6.32. The molecule has 1 aliphatic heterocycles. The third-order valence-electron chi connectivity index (χ3n) is 6.32. The minimum Gasteiger partial charge on any atom is -0.425 e. The Balaban J connectivity index is 1.20. The second-order valence-corrected chi connectivity index (χ2v) is 8.38. The van der Waals surface area contributed by atoms with Gasteiger partial charge < -0.3 is 9.32 Å². The van der Waals surface area contributed by atoms with Crippen molar-refractivity contribution in [3.8, 4) is 0 Å². The summed E-state index contributed by atoms with van der Waals surface area (Å²) >= 11 is 0. The van der Waals surface area contributed by atoms with Crippen LogP contribution in [0.1, 0.15) is 74.6 Å². The number of hydrogen-bond donors (Lipinski definition) is 0. The SMILES string of the molecule is O=C(CCc1nnc(C2CCCCC2)o1)N1CCC(Cc2ccccc2)CC1. The first-order valence-electron chi connectivity index (χ1n) is 10.9. The fraction of sp³-hybridized carbons (Fsp3) is 0.609. The summed E-state index contributed by atoms with van der Waals surface area (Å²) in [5, 5.41) is 8.42. The molecule has 150 valence electrons. The second kappa shape index (κ2) is 9.35. The van der Waals surface area contributed by atoms with Crippen molar-refractivity contribution in [2.45, 2.75) is 70.1 Å². The summed E-state index contributed by atoms with van der Waals surface area (Å²) in [4.78, 5) is 14.6. The Bertz CT molecular complexity index is 744. The van der Waals surface area contributed by atoms with Crippen LogP contribution in [0.2, 0.25) is 0 Å². The van der Waals surface area contributed by atoms with Crippen molar-refractivity contribution in [3.05, 3.63) is 47.7 Å². The van der Waals surface area contributed by atoms with Crippen LogP contribution in [-0.4, -0.2) is 34.1 Å². The normalized spacial score (nSPS) is 19.1. The summed E-state index contributed by atoms with van der Waals surface area (Å²) in [6.07, 6.45) is 10.4. The first kappa shape index (κ1) is 19.2. The lowest BCUT2D eigenvalue weighted by molar-refractivity contribution is -0.132. The van der Waals surface area contributed by atoms with Gasteiger partial charge in [0, 0.05) is 31.8 Å². The van der Waals surface area contributed by atoms with E-state index in [1.165, 1.54) is 24.8 Å². The summed E-state index contributed by atoms with van der Waals surface area (Å²) in [5.74, 6) is 2.72. The molecule has 2 aliphatic rings. The highest BCUT2D eigenvalue weighted by molar-refractivity contribution is 5.76. The van der Waals surface area contributed by atoms with Crippen LogP contribution in [0, 0.1) is 5.92 Å². The Kier molecular flexibility index (Phi) is 6.40. The Hall–Kier alpha value is -2.17. The van der Waals surface area contributed by atoms with Crippen LogP contribution in [0.25, 0.3) is 0 Å². The average molecular weight is 382 g/mol. The molecule has 1 aliphatic carbocycles. The van der Waals surface area contributed by atoms with E-state index in [9.17, 15) is 4.79 Å². The lowest BCUT2D eigenvalue weighted by Gasteiger charge is -2.32. The number of amides is 1. The number of hydrogen-bond acceptors (Lipinski definition) is 4. The highest BCUT2D eigenvalue weighted by Gasteiger charge is 2.24. The molecular weight excluding hydrogens is 350 g/mol. The van der Waals surface area contributed by atoms with E-state index >= 15 is 0 Å². The molecule has 2 aromatic rings. The van der Waals surface area contributed by atoms with Crippen molar-refractivity contribution in [2.24, 2.45) is 5.92 Å². The molecule has 4 rings (SSSR count). The predicted molar refractivity (Wildman–Crippen MR) is 108 cm³/mol. The van der Waals surface area contributed by atoms with Crippen molar-refractivity contribution >= 4 is 5.91 Å². The zero-order valence-electron chi connectivity index (χ0n) is 16.7. The molecule has 1 aromatic carbocycles. The third kappa shape index (κ3) is 5.00. The van der Waals surface area contributed by atoms with Gasteiger partial charge in [-0.1, -0.05) is 49.6 Å². The van der Waals surface area contributed by atoms with E-state index in [4.69, 9.17) is 4.42 Å². The predicted octanol–water partition coefficient (Wildman–Crippen LogP) is 4.53. The monoisotopic (exact) mass is 381 g/mol. The number of likely N-dealkylation sites (tertiary alicyclic amines) is 1. The topological polar surface area (TPSA) is 59.2 Å². The van der Waals surface area contributed by atoms with E-state index in [2.05, 4.69) is 40.5 Å². The number of carbonyl (C=O) groups is 1. The van der Waals surface area contributed by atoms with Crippen molar-refractivity contribution in [1.82, 2.24) is 15.1 Å². The summed E-state index contributed by atoms with van der Waals surface area (Å²) < 4.78 is 5.85. The number of rotatable bonds is 6. The van der Waals surface area contributed by atoms with Crippen molar-refractivity contribution in [3.63, 3.8) is 0 Å². The van der Waals surface area contributed by atoms with Crippen LogP contribution in [0.5, 0.6) is 0 Å². The van der Waals surface area contributed by atoms with Crippen molar-refractivity contribution < 1.29 is 9.21 Å². The Morgan fingerprint density at radius 1 is 1.00 bits per heavy atom. The Labute approximate surface area is 167 Å². The molecule has 1 saturated carbocycles. The number of carbonyl (C=O) groups excluding carboxylic acids is 1. The number of aryl methyl sites for hydroxylation is 1. The molecular formula is C23H31N3O2. The van der Waals surface area contributed by atoms with E-state index in [-0.39, 0.29) is 5.91 Å². The molecule has 1 saturated heterocycles. The first-order chi connectivity index (χ1) is 13.8. The Morgan fingerprint density at radius 2 is 1.75 bits per heavy atom. The van der Waals surface area contributed by atoms with Gasteiger partial charge in [0.05, 0.1) is 0 Å². The zero-order chi connectivity index (χ0) is 19.2. The number of piperidine rings is 1. The van der Waals surface area contributed by atoms with Crippen LogP contribution in [0.4, 0.5) is 0 Å². The number of benzene rings is 1. The standard InChI is InChI=1S/C23H31N3O2/c27-22(12-11-21-24-25-23(28-21)20-9-5-2-6-10-20)26-15-13-19(14-16-26)17-18-7-3-1-4-8-18/h1,3-4,7-8,19-20H,2,5-6,9-17H2. The van der Waals surface area contributed by atoms with Gasteiger partial charge in [-0.05, 0) is 43.6 Å². The smallest absolute Gasteiger partial charge is 0.223 e. The van der Waals surface area contributed by atoms with Gasteiger partial charge in [-0.2, -0.15) is 0 Å². The van der Waals surface area contributed by atoms with Gasteiger partial charge in [-0.25, -0.2) is 0 Å². The fourth-order valence-electron chi connectivity index (χ4n) is 4.59. The summed E-state index contributed by atoms with van der Waals surface area (Å²) in [5.41, 5.74) is 1.40. The summed E-state index contributed by atoms with van der Waals surface area (Å²) in [6.45, 7) is 1.74. The lowest BCUT2D eigenvalue weighted by atomic mass is 9.89. The quantitative estimate of drug-likeness (QED) is 0.737. The van der Waals surface area contributed by atoms with E-state index in [0.717, 1.165) is 51.1 Å². The minimum atomic E-state index is 0.218. The highest BCUT2D eigenvalue weighted by atomic mass is 16.4. The molecule has 0 N–H and O–H groups in total. The van der Waals surface area contributed by atoms with Crippen LogP contribution in [0.3, 0.4) is 0 Å². The maximum absolute atomic E-state index is 12.6. The van der Waals surface area contributed by atoms with E-state index in [1.54, 1.807) is 0 Å². The van der Waals surface area contributed by atoms with E-state index in [1.807, 2.05) is 4.90 Å². The van der Waals surface area contributed by atoms with Gasteiger partial charge >= 0.3 is 0 Å².